The maximum Gasteiger partial charge on any atom is 0.245 e. The maximum atomic E-state index is 11.1. The van der Waals surface area contributed by atoms with Crippen LogP contribution in [0.3, 0.4) is 0 Å². The molecule has 0 radical (unpaired) electrons. The maximum absolute atomic E-state index is 11.1. The van der Waals surface area contributed by atoms with E-state index in [-0.39, 0.29) is 5.91 Å². The van der Waals surface area contributed by atoms with E-state index in [0.29, 0.717) is 0 Å². The smallest absolute Gasteiger partial charge is 0.245 e. The average Bonchev–Trinajstić information content (AvgIpc) is 2.28. The van der Waals surface area contributed by atoms with Gasteiger partial charge in [-0.1, -0.05) is 18.2 Å². The van der Waals surface area contributed by atoms with Crippen LogP contribution in [-0.4, -0.2) is 12.5 Å². The van der Waals surface area contributed by atoms with Gasteiger partial charge in [0, 0.05) is 34.9 Å². The zero-order valence-corrected chi connectivity index (χ0v) is 11.0. The van der Waals surface area contributed by atoms with Crippen LogP contribution in [0.15, 0.2) is 36.0 Å². The van der Waals surface area contributed by atoms with E-state index in [9.17, 15) is 4.79 Å². The van der Waals surface area contributed by atoms with Gasteiger partial charge in [0.15, 0.2) is 0 Å². The lowest BCUT2D eigenvalue weighted by molar-refractivity contribution is -0.116. The van der Waals surface area contributed by atoms with Crippen molar-refractivity contribution in [1.82, 2.24) is 10.6 Å². The first kappa shape index (κ1) is 11.4. The van der Waals surface area contributed by atoms with E-state index in [1.54, 1.807) is 6.08 Å². The fraction of sp³-hybridized carbons (Fsp3) is 0.250. The van der Waals surface area contributed by atoms with Gasteiger partial charge < -0.3 is 10.6 Å². The lowest BCUT2D eigenvalue weighted by Crippen LogP contribution is -2.31. The van der Waals surface area contributed by atoms with E-state index < -0.39 is 0 Å². The van der Waals surface area contributed by atoms with Gasteiger partial charge >= 0.3 is 0 Å². The Balaban J connectivity index is 1.97. The normalized spacial score (nSPS) is 15.3. The summed E-state index contributed by atoms with van der Waals surface area (Å²) in [7, 11) is 0. The fourth-order valence-corrected chi connectivity index (χ4v) is 2.17. The van der Waals surface area contributed by atoms with Crippen LogP contribution < -0.4 is 10.6 Å². The standard InChI is InChI=1S/C12H13IN2O/c13-11-4-2-1-3-9(11)8-15-10-5-6-14-12(16)7-10/h1-4,7,15H,5-6,8H2,(H,14,16). The van der Waals surface area contributed by atoms with Crippen molar-refractivity contribution in [3.8, 4) is 0 Å². The second-order valence-corrected chi connectivity index (χ2v) is 4.82. The first-order valence-electron chi connectivity index (χ1n) is 5.21. The Morgan fingerprint density at radius 1 is 1.38 bits per heavy atom. The van der Waals surface area contributed by atoms with Crippen LogP contribution in [0, 0.1) is 3.57 Å². The van der Waals surface area contributed by atoms with Crippen LogP contribution in [0.1, 0.15) is 12.0 Å². The molecule has 0 saturated carbocycles. The predicted octanol–water partition coefficient (Wildman–Crippen LogP) is 1.78. The number of nitrogens with one attached hydrogen (secondary N) is 2. The predicted molar refractivity (Wildman–Crippen MR) is 71.7 cm³/mol. The third-order valence-electron chi connectivity index (χ3n) is 2.46. The van der Waals surface area contributed by atoms with Gasteiger partial charge in [-0.2, -0.15) is 0 Å². The van der Waals surface area contributed by atoms with Gasteiger partial charge in [0.1, 0.15) is 0 Å². The van der Waals surface area contributed by atoms with Gasteiger partial charge in [-0.25, -0.2) is 0 Å². The summed E-state index contributed by atoms with van der Waals surface area (Å²) in [5.74, 6) is -0.00323. The Bertz CT molecular complexity index is 429. The Morgan fingerprint density at radius 3 is 2.94 bits per heavy atom. The van der Waals surface area contributed by atoms with Crippen molar-refractivity contribution in [2.24, 2.45) is 0 Å². The van der Waals surface area contributed by atoms with Crippen molar-refractivity contribution in [2.45, 2.75) is 13.0 Å². The summed E-state index contributed by atoms with van der Waals surface area (Å²) in [6.07, 6.45) is 2.52. The van der Waals surface area contributed by atoms with Gasteiger partial charge in [-0.15, -0.1) is 0 Å². The average molecular weight is 328 g/mol. The molecule has 0 aliphatic carbocycles. The zero-order chi connectivity index (χ0) is 11.4. The highest BCUT2D eigenvalue weighted by atomic mass is 127. The number of rotatable bonds is 3. The summed E-state index contributed by atoms with van der Waals surface area (Å²) >= 11 is 2.32. The fourth-order valence-electron chi connectivity index (χ4n) is 1.59. The molecule has 3 nitrogen and oxygen atoms in total. The molecule has 1 aliphatic heterocycles. The largest absolute Gasteiger partial charge is 0.384 e. The molecule has 1 aromatic carbocycles. The van der Waals surface area contributed by atoms with Crippen LogP contribution in [0.2, 0.25) is 0 Å². The second-order valence-electron chi connectivity index (χ2n) is 3.66. The molecule has 1 heterocycles. The van der Waals surface area contributed by atoms with Crippen molar-refractivity contribution < 1.29 is 4.79 Å². The molecule has 0 bridgehead atoms. The molecule has 2 rings (SSSR count). The summed E-state index contributed by atoms with van der Waals surface area (Å²) in [5.41, 5.74) is 2.28. The molecule has 0 aromatic heterocycles. The van der Waals surface area contributed by atoms with E-state index in [4.69, 9.17) is 0 Å². The van der Waals surface area contributed by atoms with Gasteiger partial charge in [0.25, 0.3) is 0 Å². The molecule has 4 heteroatoms. The summed E-state index contributed by atoms with van der Waals surface area (Å²) in [6.45, 7) is 1.50. The number of hydrogen-bond acceptors (Lipinski definition) is 2. The Morgan fingerprint density at radius 2 is 2.19 bits per heavy atom. The number of hydrogen-bond donors (Lipinski definition) is 2. The highest BCUT2D eigenvalue weighted by Crippen LogP contribution is 2.12. The molecular formula is C12H13IN2O. The molecule has 1 aliphatic rings. The van der Waals surface area contributed by atoms with E-state index >= 15 is 0 Å². The molecule has 16 heavy (non-hydrogen) atoms. The first-order chi connectivity index (χ1) is 7.75. The van der Waals surface area contributed by atoms with Crippen LogP contribution >= 0.6 is 22.6 Å². The van der Waals surface area contributed by atoms with E-state index in [0.717, 1.165) is 25.2 Å². The molecule has 1 aromatic rings. The monoisotopic (exact) mass is 328 g/mol. The van der Waals surface area contributed by atoms with Crippen LogP contribution in [0.4, 0.5) is 0 Å². The molecule has 2 N–H and O–H groups in total. The highest BCUT2D eigenvalue weighted by Gasteiger charge is 2.08. The van der Waals surface area contributed by atoms with Gasteiger partial charge in [0.05, 0.1) is 0 Å². The first-order valence-corrected chi connectivity index (χ1v) is 6.29. The molecule has 0 spiro atoms. The van der Waals surface area contributed by atoms with Crippen LogP contribution in [0.5, 0.6) is 0 Å². The van der Waals surface area contributed by atoms with Crippen molar-refractivity contribution >= 4 is 28.5 Å². The molecule has 0 unspecified atom stereocenters. The molecule has 84 valence electrons. The highest BCUT2D eigenvalue weighted by molar-refractivity contribution is 14.1. The summed E-state index contributed by atoms with van der Waals surface area (Å²) in [5, 5.41) is 6.07. The minimum absolute atomic E-state index is 0.00323. The van der Waals surface area contributed by atoms with Crippen LogP contribution in [0.25, 0.3) is 0 Å². The number of benzene rings is 1. The number of carbonyl (C=O) groups excluding carboxylic acids is 1. The van der Waals surface area contributed by atoms with Crippen molar-refractivity contribution in [1.29, 1.82) is 0 Å². The van der Waals surface area contributed by atoms with Gasteiger partial charge in [-0.3, -0.25) is 4.79 Å². The minimum Gasteiger partial charge on any atom is -0.384 e. The molecule has 1 amide bonds. The lowest BCUT2D eigenvalue weighted by Gasteiger charge is -2.16. The van der Waals surface area contributed by atoms with Crippen molar-refractivity contribution in [3.63, 3.8) is 0 Å². The third-order valence-corrected chi connectivity index (χ3v) is 3.52. The number of amides is 1. The zero-order valence-electron chi connectivity index (χ0n) is 8.79. The summed E-state index contributed by atoms with van der Waals surface area (Å²) in [4.78, 5) is 11.1. The Kier molecular flexibility index (Phi) is 3.82. The molecule has 0 fully saturated rings. The summed E-state index contributed by atoms with van der Waals surface area (Å²) in [6, 6.07) is 8.23. The SMILES string of the molecule is O=C1C=C(NCc2ccccc2I)CCN1. The molecule has 0 atom stereocenters. The second kappa shape index (κ2) is 5.34. The van der Waals surface area contributed by atoms with E-state index in [1.165, 1.54) is 9.13 Å². The Labute approximate surface area is 108 Å². The van der Waals surface area contributed by atoms with Gasteiger partial charge in [0.2, 0.25) is 5.91 Å². The Hall–Kier alpha value is -1.04. The van der Waals surface area contributed by atoms with Crippen molar-refractivity contribution in [3.05, 3.63) is 45.2 Å². The van der Waals surface area contributed by atoms with Crippen molar-refractivity contribution in [2.75, 3.05) is 6.54 Å². The van der Waals surface area contributed by atoms with Gasteiger partial charge in [-0.05, 0) is 34.2 Å². The topological polar surface area (TPSA) is 41.1 Å². The van der Waals surface area contributed by atoms with E-state index in [1.807, 2.05) is 12.1 Å². The van der Waals surface area contributed by atoms with Crippen LogP contribution in [-0.2, 0) is 11.3 Å². The number of carbonyl (C=O) groups is 1. The third kappa shape index (κ3) is 2.98. The molecule has 0 saturated heterocycles. The minimum atomic E-state index is -0.00323. The molecular weight excluding hydrogens is 315 g/mol. The summed E-state index contributed by atoms with van der Waals surface area (Å²) < 4.78 is 1.24. The quantitative estimate of drug-likeness (QED) is 0.831. The lowest BCUT2D eigenvalue weighted by atomic mass is 10.2. The number of halogens is 1. The van der Waals surface area contributed by atoms with E-state index in [2.05, 4.69) is 45.4 Å².